The molecule has 1 fully saturated rings. The Hall–Kier alpha value is -1.83. The lowest BCUT2D eigenvalue weighted by Gasteiger charge is -2.38. The average Bonchev–Trinajstić information content (AvgIpc) is 2.52. The van der Waals surface area contributed by atoms with Crippen molar-refractivity contribution in [2.45, 2.75) is 45.3 Å². The van der Waals surface area contributed by atoms with Crippen LogP contribution in [-0.2, 0) is 4.74 Å². The smallest absolute Gasteiger partial charge is 0.410 e. The molecule has 8 heteroatoms. The lowest BCUT2D eigenvalue weighted by Crippen LogP contribution is -2.47. The van der Waals surface area contributed by atoms with Crippen LogP contribution in [-0.4, -0.2) is 47.7 Å². The molecule has 0 N–H and O–H groups in total. The summed E-state index contributed by atoms with van der Waals surface area (Å²) in [6.07, 6.45) is 1.15. The van der Waals surface area contributed by atoms with Gasteiger partial charge in [-0.05, 0) is 45.7 Å². The van der Waals surface area contributed by atoms with Gasteiger partial charge in [0.15, 0.2) is 0 Å². The quantitative estimate of drug-likeness (QED) is 0.548. The molecule has 0 spiro atoms. The standard InChI is InChI=1S/C17H24BrN3O4/c1-17(2,3)25-16(22)19(4)13-7-9-20(10-8-13)14-6-5-12(18)11-15(14)21(23)24/h5-6,11,13H,7-10H2,1-4H3. The van der Waals surface area contributed by atoms with E-state index in [1.54, 1.807) is 24.1 Å². The van der Waals surface area contributed by atoms with Crippen LogP contribution in [0.4, 0.5) is 16.2 Å². The summed E-state index contributed by atoms with van der Waals surface area (Å²) in [5.74, 6) is 0. The van der Waals surface area contributed by atoms with Crippen molar-refractivity contribution >= 4 is 33.4 Å². The third-order valence-electron chi connectivity index (χ3n) is 4.17. The van der Waals surface area contributed by atoms with Gasteiger partial charge >= 0.3 is 6.09 Å². The second-order valence-corrected chi connectivity index (χ2v) is 8.12. The Morgan fingerprint density at radius 3 is 2.48 bits per heavy atom. The van der Waals surface area contributed by atoms with Crippen LogP contribution in [0.2, 0.25) is 0 Å². The maximum Gasteiger partial charge on any atom is 0.410 e. The minimum Gasteiger partial charge on any atom is -0.444 e. The lowest BCUT2D eigenvalue weighted by atomic mass is 10.0. The van der Waals surface area contributed by atoms with Crippen LogP contribution < -0.4 is 4.90 Å². The summed E-state index contributed by atoms with van der Waals surface area (Å²) in [6.45, 7) is 6.83. The first-order valence-corrected chi connectivity index (χ1v) is 9.02. The summed E-state index contributed by atoms with van der Waals surface area (Å²) in [6, 6.07) is 5.16. The fourth-order valence-corrected chi connectivity index (χ4v) is 3.24. The zero-order valence-electron chi connectivity index (χ0n) is 15.0. The van der Waals surface area contributed by atoms with Gasteiger partial charge in [0.05, 0.1) is 4.92 Å². The Kier molecular flexibility index (Phi) is 5.92. The van der Waals surface area contributed by atoms with Crippen molar-refractivity contribution in [2.24, 2.45) is 0 Å². The number of nitro benzene ring substituents is 1. The number of halogens is 1. The maximum absolute atomic E-state index is 12.2. The van der Waals surface area contributed by atoms with E-state index in [4.69, 9.17) is 4.74 Å². The normalized spacial score (nSPS) is 15.8. The van der Waals surface area contributed by atoms with E-state index in [0.29, 0.717) is 23.2 Å². The molecule has 1 aromatic rings. The summed E-state index contributed by atoms with van der Waals surface area (Å²) in [5.41, 5.74) is 0.185. The summed E-state index contributed by atoms with van der Waals surface area (Å²) in [4.78, 5) is 26.8. The molecule has 0 saturated carbocycles. The molecule has 1 aliphatic rings. The number of nitro groups is 1. The minimum atomic E-state index is -0.524. The predicted octanol–water partition coefficient (Wildman–Crippen LogP) is 4.19. The third-order valence-corrected chi connectivity index (χ3v) is 4.66. The summed E-state index contributed by atoms with van der Waals surface area (Å²) in [5, 5.41) is 11.3. The van der Waals surface area contributed by atoms with Gasteiger partial charge in [0.1, 0.15) is 11.3 Å². The highest BCUT2D eigenvalue weighted by molar-refractivity contribution is 9.10. The first-order chi connectivity index (χ1) is 11.6. The van der Waals surface area contributed by atoms with E-state index in [1.165, 1.54) is 6.07 Å². The predicted molar refractivity (Wildman–Crippen MR) is 100 cm³/mol. The lowest BCUT2D eigenvalue weighted by molar-refractivity contribution is -0.384. The zero-order chi connectivity index (χ0) is 18.8. The van der Waals surface area contributed by atoms with Crippen LogP contribution in [0.3, 0.4) is 0 Å². The molecule has 7 nitrogen and oxygen atoms in total. The number of rotatable bonds is 3. The Bertz CT molecular complexity index is 652. The average molecular weight is 414 g/mol. The fourth-order valence-electron chi connectivity index (χ4n) is 2.89. The number of benzene rings is 1. The van der Waals surface area contributed by atoms with Gasteiger partial charge in [-0.15, -0.1) is 0 Å². The molecule has 138 valence electrons. The number of piperidine rings is 1. The molecule has 0 unspecified atom stereocenters. The van der Waals surface area contributed by atoms with E-state index in [2.05, 4.69) is 15.9 Å². The minimum absolute atomic E-state index is 0.0700. The highest BCUT2D eigenvalue weighted by atomic mass is 79.9. The van der Waals surface area contributed by atoms with E-state index in [9.17, 15) is 14.9 Å². The maximum atomic E-state index is 12.2. The molecule has 25 heavy (non-hydrogen) atoms. The van der Waals surface area contributed by atoms with Crippen LogP contribution >= 0.6 is 15.9 Å². The second kappa shape index (κ2) is 7.59. The van der Waals surface area contributed by atoms with Gasteiger partial charge in [-0.1, -0.05) is 15.9 Å². The van der Waals surface area contributed by atoms with Crippen molar-refractivity contribution in [2.75, 3.05) is 25.0 Å². The van der Waals surface area contributed by atoms with E-state index < -0.39 is 5.60 Å². The second-order valence-electron chi connectivity index (χ2n) is 7.20. The van der Waals surface area contributed by atoms with Crippen molar-refractivity contribution in [3.05, 3.63) is 32.8 Å². The summed E-state index contributed by atoms with van der Waals surface area (Å²) in [7, 11) is 1.75. The zero-order valence-corrected chi connectivity index (χ0v) is 16.6. The first kappa shape index (κ1) is 19.5. The molecule has 0 aliphatic carbocycles. The fraction of sp³-hybridized carbons (Fsp3) is 0.588. The van der Waals surface area contributed by atoms with Crippen LogP contribution in [0.15, 0.2) is 22.7 Å². The molecule has 1 amide bonds. The van der Waals surface area contributed by atoms with Crippen LogP contribution in [0.1, 0.15) is 33.6 Å². The molecule has 0 radical (unpaired) electrons. The van der Waals surface area contributed by atoms with Gasteiger partial charge in [-0.2, -0.15) is 0 Å². The van der Waals surface area contributed by atoms with Crippen molar-refractivity contribution in [3.63, 3.8) is 0 Å². The molecule has 1 aromatic carbocycles. The van der Waals surface area contributed by atoms with Gasteiger partial charge in [-0.3, -0.25) is 10.1 Å². The molecule has 2 rings (SSSR count). The van der Waals surface area contributed by atoms with Gasteiger partial charge in [0.2, 0.25) is 0 Å². The van der Waals surface area contributed by atoms with Gasteiger partial charge < -0.3 is 14.5 Å². The van der Waals surface area contributed by atoms with E-state index in [0.717, 1.165) is 12.8 Å². The molecule has 1 aliphatic heterocycles. The number of anilines is 1. The molecule has 1 heterocycles. The molecular formula is C17H24BrN3O4. The number of carbonyl (C=O) groups excluding carboxylic acids is 1. The van der Waals surface area contributed by atoms with Crippen molar-refractivity contribution < 1.29 is 14.5 Å². The van der Waals surface area contributed by atoms with E-state index >= 15 is 0 Å². The highest BCUT2D eigenvalue weighted by Gasteiger charge is 2.30. The summed E-state index contributed by atoms with van der Waals surface area (Å²) >= 11 is 3.28. The molecule has 1 saturated heterocycles. The largest absolute Gasteiger partial charge is 0.444 e. The number of hydrogen-bond donors (Lipinski definition) is 0. The number of hydrogen-bond acceptors (Lipinski definition) is 5. The number of ether oxygens (including phenoxy) is 1. The van der Waals surface area contributed by atoms with E-state index in [1.807, 2.05) is 25.7 Å². The SMILES string of the molecule is CN(C(=O)OC(C)(C)C)C1CCN(c2ccc(Br)cc2[N+](=O)[O-])CC1. The Morgan fingerprint density at radius 2 is 1.96 bits per heavy atom. The van der Waals surface area contributed by atoms with Crippen molar-refractivity contribution in [1.29, 1.82) is 0 Å². The molecule has 0 aromatic heterocycles. The third kappa shape index (κ3) is 5.07. The van der Waals surface area contributed by atoms with Crippen LogP contribution in [0, 0.1) is 10.1 Å². The molecule has 0 atom stereocenters. The van der Waals surface area contributed by atoms with E-state index in [-0.39, 0.29) is 22.7 Å². The number of amides is 1. The Balaban J connectivity index is 2.03. The summed E-state index contributed by atoms with van der Waals surface area (Å²) < 4.78 is 6.09. The van der Waals surface area contributed by atoms with Gasteiger partial charge in [-0.25, -0.2) is 4.79 Å². The first-order valence-electron chi connectivity index (χ1n) is 8.23. The number of nitrogens with zero attached hydrogens (tertiary/aromatic N) is 3. The van der Waals surface area contributed by atoms with Gasteiger partial charge in [0.25, 0.3) is 5.69 Å². The Labute approximate surface area is 156 Å². The highest BCUT2D eigenvalue weighted by Crippen LogP contribution is 2.33. The topological polar surface area (TPSA) is 75.9 Å². The molecular weight excluding hydrogens is 390 g/mol. The van der Waals surface area contributed by atoms with Crippen LogP contribution in [0.25, 0.3) is 0 Å². The molecule has 0 bridgehead atoms. The van der Waals surface area contributed by atoms with Crippen molar-refractivity contribution in [3.8, 4) is 0 Å². The Morgan fingerprint density at radius 1 is 1.36 bits per heavy atom. The number of carbonyl (C=O) groups is 1. The monoisotopic (exact) mass is 413 g/mol. The van der Waals surface area contributed by atoms with Gasteiger partial charge in [0, 0.05) is 36.7 Å². The van der Waals surface area contributed by atoms with Crippen LogP contribution in [0.5, 0.6) is 0 Å². The van der Waals surface area contributed by atoms with Crippen molar-refractivity contribution in [1.82, 2.24) is 4.90 Å².